The van der Waals surface area contributed by atoms with Gasteiger partial charge in [-0.1, -0.05) is 6.92 Å². The summed E-state index contributed by atoms with van der Waals surface area (Å²) in [5.74, 6) is 0.704. The Balaban J connectivity index is 2.79. The van der Waals surface area contributed by atoms with Crippen molar-refractivity contribution in [3.8, 4) is 5.75 Å². The summed E-state index contributed by atoms with van der Waals surface area (Å²) in [5, 5.41) is 2.92. The van der Waals surface area contributed by atoms with E-state index >= 15 is 0 Å². The number of rotatable bonds is 5. The van der Waals surface area contributed by atoms with Crippen LogP contribution in [0.5, 0.6) is 5.75 Å². The molecule has 0 radical (unpaired) electrons. The first-order valence-corrected chi connectivity index (χ1v) is 6.61. The highest BCUT2D eigenvalue weighted by molar-refractivity contribution is 9.10. The number of halogens is 1. The van der Waals surface area contributed by atoms with Crippen molar-refractivity contribution in [1.29, 1.82) is 0 Å². The highest BCUT2D eigenvalue weighted by Gasteiger charge is 2.10. The minimum absolute atomic E-state index is 0.0527. The highest BCUT2D eigenvalue weighted by Crippen LogP contribution is 2.25. The molecule has 94 valence electrons. The van der Waals surface area contributed by atoms with Crippen LogP contribution in [0.1, 0.15) is 37.6 Å². The lowest BCUT2D eigenvalue weighted by atomic mass is 10.2. The lowest BCUT2D eigenvalue weighted by Gasteiger charge is -2.12. The van der Waals surface area contributed by atoms with Gasteiger partial charge in [0.25, 0.3) is 5.91 Å². The summed E-state index contributed by atoms with van der Waals surface area (Å²) >= 11 is 3.39. The van der Waals surface area contributed by atoms with Crippen molar-refractivity contribution in [3.05, 3.63) is 28.2 Å². The summed E-state index contributed by atoms with van der Waals surface area (Å²) in [6.45, 7) is 6.56. The molecule has 1 atom stereocenters. The summed E-state index contributed by atoms with van der Waals surface area (Å²) in [7, 11) is 0. The molecule has 0 saturated heterocycles. The SMILES string of the molecule is CCOc1ccc(C(=O)NC(C)CC)cc1Br. The van der Waals surface area contributed by atoms with Crippen molar-refractivity contribution in [2.24, 2.45) is 0 Å². The maximum atomic E-state index is 11.9. The maximum absolute atomic E-state index is 11.9. The average Bonchev–Trinajstić information content (AvgIpc) is 2.31. The number of nitrogens with one attached hydrogen (secondary N) is 1. The van der Waals surface area contributed by atoms with Crippen LogP contribution in [0.25, 0.3) is 0 Å². The molecule has 4 heteroatoms. The standard InChI is InChI=1S/C13H18BrNO2/c1-4-9(3)15-13(16)10-6-7-12(17-5-2)11(14)8-10/h6-9H,4-5H2,1-3H3,(H,15,16). The van der Waals surface area contributed by atoms with E-state index in [0.717, 1.165) is 16.6 Å². The zero-order valence-electron chi connectivity index (χ0n) is 10.4. The molecule has 0 saturated carbocycles. The number of hydrogen-bond acceptors (Lipinski definition) is 2. The van der Waals surface area contributed by atoms with E-state index in [9.17, 15) is 4.79 Å². The van der Waals surface area contributed by atoms with Gasteiger partial charge in [-0.15, -0.1) is 0 Å². The second kappa shape index (κ2) is 6.64. The van der Waals surface area contributed by atoms with Crippen molar-refractivity contribution in [1.82, 2.24) is 5.32 Å². The number of amides is 1. The van der Waals surface area contributed by atoms with Crippen LogP contribution in [0.15, 0.2) is 22.7 Å². The van der Waals surface area contributed by atoms with Gasteiger partial charge >= 0.3 is 0 Å². The van der Waals surface area contributed by atoms with Gasteiger partial charge in [-0.25, -0.2) is 0 Å². The van der Waals surface area contributed by atoms with E-state index in [0.29, 0.717) is 12.2 Å². The van der Waals surface area contributed by atoms with E-state index in [2.05, 4.69) is 21.2 Å². The fourth-order valence-electron chi connectivity index (χ4n) is 1.32. The second-order valence-corrected chi connectivity index (χ2v) is 4.72. The lowest BCUT2D eigenvalue weighted by molar-refractivity contribution is 0.0939. The first kappa shape index (κ1) is 14.0. The molecule has 0 aliphatic heterocycles. The van der Waals surface area contributed by atoms with Crippen LogP contribution >= 0.6 is 15.9 Å². The molecule has 1 aromatic carbocycles. The molecule has 1 N–H and O–H groups in total. The molecule has 0 aromatic heterocycles. The van der Waals surface area contributed by atoms with Crippen molar-refractivity contribution in [3.63, 3.8) is 0 Å². The van der Waals surface area contributed by atoms with Gasteiger partial charge in [0.1, 0.15) is 5.75 Å². The molecule has 0 spiro atoms. The molecule has 1 amide bonds. The van der Waals surface area contributed by atoms with Crippen molar-refractivity contribution >= 4 is 21.8 Å². The van der Waals surface area contributed by atoms with Gasteiger partial charge < -0.3 is 10.1 Å². The molecule has 0 fully saturated rings. The predicted molar refractivity (Wildman–Crippen MR) is 72.5 cm³/mol. The first-order valence-electron chi connectivity index (χ1n) is 5.81. The number of hydrogen-bond donors (Lipinski definition) is 1. The van der Waals surface area contributed by atoms with Crippen molar-refractivity contribution < 1.29 is 9.53 Å². The largest absolute Gasteiger partial charge is 0.493 e. The Labute approximate surface area is 111 Å². The third-order valence-electron chi connectivity index (χ3n) is 2.48. The molecule has 0 aliphatic carbocycles. The molecule has 17 heavy (non-hydrogen) atoms. The summed E-state index contributed by atoms with van der Waals surface area (Å²) in [6, 6.07) is 5.54. The van der Waals surface area contributed by atoms with E-state index in [1.807, 2.05) is 20.8 Å². The Morgan fingerprint density at radius 3 is 2.71 bits per heavy atom. The van der Waals surface area contributed by atoms with Gasteiger partial charge in [0.15, 0.2) is 0 Å². The van der Waals surface area contributed by atoms with Crippen molar-refractivity contribution in [2.75, 3.05) is 6.61 Å². The number of carbonyl (C=O) groups excluding carboxylic acids is 1. The second-order valence-electron chi connectivity index (χ2n) is 3.86. The topological polar surface area (TPSA) is 38.3 Å². The molecular formula is C13H18BrNO2. The Bertz CT molecular complexity index is 393. The van der Waals surface area contributed by atoms with Crippen LogP contribution in [-0.2, 0) is 0 Å². The van der Waals surface area contributed by atoms with Crippen LogP contribution in [0, 0.1) is 0 Å². The van der Waals surface area contributed by atoms with Gasteiger partial charge in [-0.2, -0.15) is 0 Å². The molecule has 0 bridgehead atoms. The fourth-order valence-corrected chi connectivity index (χ4v) is 1.82. The van der Waals surface area contributed by atoms with E-state index in [1.54, 1.807) is 18.2 Å². The normalized spacial score (nSPS) is 12.0. The molecule has 3 nitrogen and oxygen atoms in total. The minimum atomic E-state index is -0.0527. The number of benzene rings is 1. The summed E-state index contributed by atoms with van der Waals surface area (Å²) in [4.78, 5) is 11.9. The Morgan fingerprint density at radius 2 is 2.18 bits per heavy atom. The third kappa shape index (κ3) is 4.04. The third-order valence-corrected chi connectivity index (χ3v) is 3.10. The van der Waals surface area contributed by atoms with E-state index in [-0.39, 0.29) is 11.9 Å². The minimum Gasteiger partial charge on any atom is -0.493 e. The van der Waals surface area contributed by atoms with Gasteiger partial charge in [0.05, 0.1) is 11.1 Å². The zero-order chi connectivity index (χ0) is 12.8. The van der Waals surface area contributed by atoms with Gasteiger partial charge in [-0.05, 0) is 54.4 Å². The molecule has 1 aromatic rings. The molecule has 0 heterocycles. The van der Waals surface area contributed by atoms with Crippen LogP contribution in [-0.4, -0.2) is 18.6 Å². The van der Waals surface area contributed by atoms with Gasteiger partial charge in [0, 0.05) is 11.6 Å². The van der Waals surface area contributed by atoms with Crippen LogP contribution in [0.2, 0.25) is 0 Å². The van der Waals surface area contributed by atoms with Crippen LogP contribution in [0.3, 0.4) is 0 Å². The van der Waals surface area contributed by atoms with Crippen LogP contribution < -0.4 is 10.1 Å². The molecule has 1 unspecified atom stereocenters. The molecule has 1 rings (SSSR count). The van der Waals surface area contributed by atoms with Crippen molar-refractivity contribution in [2.45, 2.75) is 33.2 Å². The summed E-state index contributed by atoms with van der Waals surface area (Å²) in [5.41, 5.74) is 0.639. The molecule has 0 aliphatic rings. The number of ether oxygens (including phenoxy) is 1. The Kier molecular flexibility index (Phi) is 5.48. The van der Waals surface area contributed by atoms with E-state index < -0.39 is 0 Å². The van der Waals surface area contributed by atoms with E-state index in [4.69, 9.17) is 4.74 Å². The van der Waals surface area contributed by atoms with Gasteiger partial charge in [-0.3, -0.25) is 4.79 Å². The fraction of sp³-hybridized carbons (Fsp3) is 0.462. The maximum Gasteiger partial charge on any atom is 0.251 e. The van der Waals surface area contributed by atoms with Crippen LogP contribution in [0.4, 0.5) is 0 Å². The molecular weight excluding hydrogens is 282 g/mol. The summed E-state index contributed by atoms with van der Waals surface area (Å²) in [6.07, 6.45) is 0.921. The predicted octanol–water partition coefficient (Wildman–Crippen LogP) is 3.38. The quantitative estimate of drug-likeness (QED) is 0.905. The summed E-state index contributed by atoms with van der Waals surface area (Å²) < 4.78 is 6.20. The average molecular weight is 300 g/mol. The lowest BCUT2D eigenvalue weighted by Crippen LogP contribution is -2.31. The zero-order valence-corrected chi connectivity index (χ0v) is 12.0. The monoisotopic (exact) mass is 299 g/mol. The Hall–Kier alpha value is -1.03. The highest BCUT2D eigenvalue weighted by atomic mass is 79.9. The van der Waals surface area contributed by atoms with Gasteiger partial charge in [0.2, 0.25) is 0 Å². The Morgan fingerprint density at radius 1 is 1.47 bits per heavy atom. The smallest absolute Gasteiger partial charge is 0.251 e. The van der Waals surface area contributed by atoms with E-state index in [1.165, 1.54) is 0 Å². The first-order chi connectivity index (χ1) is 8.08. The number of carbonyl (C=O) groups is 1.